The maximum atomic E-state index is 9.10. The van der Waals surface area contributed by atoms with Crippen molar-refractivity contribution in [2.24, 2.45) is 0 Å². The first-order chi connectivity index (χ1) is 14.7. The predicted molar refractivity (Wildman–Crippen MR) is 145 cm³/mol. The Labute approximate surface area is 212 Å². The highest BCUT2D eigenvalue weighted by molar-refractivity contribution is 4.85. The van der Waals surface area contributed by atoms with Crippen LogP contribution < -0.4 is 4.70 Å². The van der Waals surface area contributed by atoms with E-state index < -0.39 is 22.4 Å². The van der Waals surface area contributed by atoms with Crippen molar-refractivity contribution in [3.63, 3.8) is 0 Å². The van der Waals surface area contributed by atoms with Crippen LogP contribution in [0.2, 0.25) is 0 Å². The van der Waals surface area contributed by atoms with Gasteiger partial charge in [-0.1, -0.05) is 53.4 Å². The second-order valence-electron chi connectivity index (χ2n) is 11.9. The highest BCUT2D eigenvalue weighted by Crippen LogP contribution is 2.20. The largest absolute Gasteiger partial charge is 1.00 e. The van der Waals surface area contributed by atoms with Crippen LogP contribution in [-0.2, 0) is 0 Å². The van der Waals surface area contributed by atoms with E-state index in [1.165, 1.54) is 82.0 Å². The lowest BCUT2D eigenvalue weighted by Gasteiger charge is -2.39. The van der Waals surface area contributed by atoms with Gasteiger partial charge in [-0.15, -0.1) is 0 Å². The summed E-state index contributed by atoms with van der Waals surface area (Å²) in [5.41, 5.74) is -4.03. The number of hydrogen-bond donors (Lipinski definition) is 4. The highest BCUT2D eigenvalue weighted by Gasteiger charge is 2.32. The van der Waals surface area contributed by atoms with Gasteiger partial charge in [0.05, 0.1) is 48.6 Å². The standard InChI is InChI=1S/C16H36N.2C6H14O2.FH/c1-5-9-13-17(14-10-6-2,15-11-7-3)16-12-8-4;2*1-5(2,7)6(3,4)8;/h5-16H2,1-4H3;2*7-8H,1-4H3;1H/q+1;;;/p-1. The van der Waals surface area contributed by atoms with Gasteiger partial charge in [-0.2, -0.15) is 0 Å². The van der Waals surface area contributed by atoms with Crippen LogP contribution in [0.15, 0.2) is 0 Å². The van der Waals surface area contributed by atoms with E-state index >= 15 is 0 Å². The van der Waals surface area contributed by atoms with Crippen molar-refractivity contribution in [2.75, 3.05) is 26.2 Å². The molecule has 0 atom stereocenters. The fourth-order valence-corrected chi connectivity index (χ4v) is 2.64. The SMILES string of the molecule is CC(C)(O)C(C)(C)O.CC(C)(O)C(C)(C)O.CCCC[N+](CCCC)(CCCC)CCCC.[F-]. The van der Waals surface area contributed by atoms with Crippen molar-refractivity contribution in [1.29, 1.82) is 0 Å². The van der Waals surface area contributed by atoms with Crippen LogP contribution in [0.25, 0.3) is 0 Å². The third kappa shape index (κ3) is 21.0. The Kier molecular flexibility index (Phi) is 22.8. The number of halogens is 1. The van der Waals surface area contributed by atoms with E-state index in [9.17, 15) is 0 Å². The molecule has 0 aromatic rings. The van der Waals surface area contributed by atoms with Crippen molar-refractivity contribution in [3.05, 3.63) is 0 Å². The second-order valence-corrected chi connectivity index (χ2v) is 11.9. The molecule has 0 aliphatic carbocycles. The molecule has 0 bridgehead atoms. The molecular formula is C28H64FNO4. The van der Waals surface area contributed by atoms with Gasteiger partial charge in [0.2, 0.25) is 0 Å². The fourth-order valence-electron chi connectivity index (χ4n) is 2.64. The highest BCUT2D eigenvalue weighted by atomic mass is 19.0. The normalized spacial score (nSPS) is 12.7. The molecule has 0 aliphatic heterocycles. The van der Waals surface area contributed by atoms with Gasteiger partial charge in [-0.25, -0.2) is 0 Å². The molecule has 0 amide bonds. The Morgan fingerprint density at radius 1 is 0.412 bits per heavy atom. The van der Waals surface area contributed by atoms with Gasteiger partial charge >= 0.3 is 0 Å². The monoisotopic (exact) mass is 497 g/mol. The van der Waals surface area contributed by atoms with Crippen molar-refractivity contribution >= 4 is 0 Å². The molecule has 0 unspecified atom stereocenters. The summed E-state index contributed by atoms with van der Waals surface area (Å²) in [5.74, 6) is 0. The molecule has 0 radical (unpaired) electrons. The third-order valence-electron chi connectivity index (χ3n) is 6.94. The van der Waals surface area contributed by atoms with E-state index in [2.05, 4.69) is 27.7 Å². The Bertz CT molecular complexity index is 358. The van der Waals surface area contributed by atoms with Gasteiger partial charge in [0.25, 0.3) is 0 Å². The van der Waals surface area contributed by atoms with Crippen molar-refractivity contribution in [2.45, 2.75) is 157 Å². The topological polar surface area (TPSA) is 80.9 Å². The zero-order valence-electron chi connectivity index (χ0n) is 25.1. The molecule has 34 heavy (non-hydrogen) atoms. The van der Waals surface area contributed by atoms with Crippen LogP contribution >= 0.6 is 0 Å². The van der Waals surface area contributed by atoms with Gasteiger partial charge in [-0.3, -0.25) is 0 Å². The first kappa shape index (κ1) is 40.9. The average molecular weight is 498 g/mol. The molecule has 0 aliphatic rings. The fraction of sp³-hybridized carbons (Fsp3) is 1.00. The molecule has 4 N–H and O–H groups in total. The summed E-state index contributed by atoms with van der Waals surface area (Å²) in [7, 11) is 0. The quantitative estimate of drug-likeness (QED) is 0.278. The molecule has 212 valence electrons. The van der Waals surface area contributed by atoms with E-state index in [1.54, 1.807) is 55.4 Å². The summed E-state index contributed by atoms with van der Waals surface area (Å²) in [6, 6.07) is 0. The maximum absolute atomic E-state index is 9.10. The van der Waals surface area contributed by atoms with Crippen molar-refractivity contribution in [1.82, 2.24) is 0 Å². The lowest BCUT2D eigenvalue weighted by molar-refractivity contribution is -0.929. The van der Waals surface area contributed by atoms with Gasteiger partial charge in [0, 0.05) is 0 Å². The van der Waals surface area contributed by atoms with Gasteiger partial charge in [0.1, 0.15) is 0 Å². The first-order valence-corrected chi connectivity index (χ1v) is 13.5. The zero-order chi connectivity index (χ0) is 27.0. The summed E-state index contributed by atoms with van der Waals surface area (Å²) in [5, 5.41) is 36.4. The molecule has 0 aromatic carbocycles. The summed E-state index contributed by atoms with van der Waals surface area (Å²) in [4.78, 5) is 0. The van der Waals surface area contributed by atoms with Gasteiger partial charge in [0.15, 0.2) is 0 Å². The minimum Gasteiger partial charge on any atom is -1.00 e. The van der Waals surface area contributed by atoms with Crippen LogP contribution in [0.3, 0.4) is 0 Å². The van der Waals surface area contributed by atoms with Crippen LogP contribution in [-0.4, -0.2) is 73.5 Å². The zero-order valence-corrected chi connectivity index (χ0v) is 25.1. The molecule has 0 saturated heterocycles. The van der Waals surface area contributed by atoms with Gasteiger partial charge < -0.3 is 29.6 Å². The minimum absolute atomic E-state index is 0. The summed E-state index contributed by atoms with van der Waals surface area (Å²) in [6.07, 6.45) is 11.1. The molecule has 0 saturated carbocycles. The Morgan fingerprint density at radius 2 is 0.559 bits per heavy atom. The summed E-state index contributed by atoms with van der Waals surface area (Å²) >= 11 is 0. The lowest BCUT2D eigenvalue weighted by Crippen LogP contribution is -3.00. The number of aliphatic hydroxyl groups is 4. The molecule has 6 heteroatoms. The number of hydrogen-bond acceptors (Lipinski definition) is 4. The van der Waals surface area contributed by atoms with E-state index in [0.29, 0.717) is 0 Å². The van der Waals surface area contributed by atoms with E-state index in [-0.39, 0.29) is 4.70 Å². The Morgan fingerprint density at radius 3 is 0.647 bits per heavy atom. The number of nitrogens with zero attached hydrogens (tertiary/aromatic N) is 1. The lowest BCUT2D eigenvalue weighted by atomic mass is 9.90. The van der Waals surface area contributed by atoms with E-state index in [0.717, 1.165) is 0 Å². The van der Waals surface area contributed by atoms with Gasteiger partial charge in [-0.05, 0) is 81.1 Å². The number of rotatable bonds is 14. The third-order valence-corrected chi connectivity index (χ3v) is 6.94. The molecular weight excluding hydrogens is 433 g/mol. The Balaban J connectivity index is -0.000000222. The molecule has 0 rings (SSSR count). The van der Waals surface area contributed by atoms with E-state index in [1.807, 2.05) is 0 Å². The van der Waals surface area contributed by atoms with Crippen LogP contribution in [0.5, 0.6) is 0 Å². The van der Waals surface area contributed by atoms with Crippen LogP contribution in [0.4, 0.5) is 0 Å². The van der Waals surface area contributed by atoms with Crippen LogP contribution in [0.1, 0.15) is 134 Å². The average Bonchev–Trinajstić information content (AvgIpc) is 2.65. The molecule has 0 fully saturated rings. The maximum Gasteiger partial charge on any atom is 0.0872 e. The summed E-state index contributed by atoms with van der Waals surface area (Å²) < 4.78 is 1.42. The minimum atomic E-state index is -1.01. The summed E-state index contributed by atoms with van der Waals surface area (Å²) in [6.45, 7) is 27.6. The Hall–Kier alpha value is -0.270. The number of quaternary nitrogens is 1. The molecule has 5 nitrogen and oxygen atoms in total. The smallest absolute Gasteiger partial charge is 0.0872 e. The van der Waals surface area contributed by atoms with E-state index in [4.69, 9.17) is 20.4 Å². The predicted octanol–water partition coefficient (Wildman–Crippen LogP) is 3.06. The molecule has 0 spiro atoms. The van der Waals surface area contributed by atoms with Crippen molar-refractivity contribution < 1.29 is 29.6 Å². The van der Waals surface area contributed by atoms with Crippen molar-refractivity contribution in [3.8, 4) is 0 Å². The number of unbranched alkanes of at least 4 members (excludes halogenated alkanes) is 4. The molecule has 0 heterocycles. The van der Waals surface area contributed by atoms with Crippen LogP contribution in [0, 0.1) is 0 Å². The first-order valence-electron chi connectivity index (χ1n) is 13.5. The second kappa shape index (κ2) is 18.9. The molecule has 0 aromatic heterocycles.